The second-order valence-electron chi connectivity index (χ2n) is 6.71. The second kappa shape index (κ2) is 7.25. The van der Waals surface area contributed by atoms with Crippen molar-refractivity contribution in [3.63, 3.8) is 0 Å². The summed E-state index contributed by atoms with van der Waals surface area (Å²) in [6.45, 7) is 2.11. The number of piperidine rings is 2. The number of nitrogens with zero attached hydrogens (tertiary/aromatic N) is 4. The first kappa shape index (κ1) is 17.5. The zero-order valence-electron chi connectivity index (χ0n) is 14.0. The Labute approximate surface area is 146 Å². The van der Waals surface area contributed by atoms with Crippen molar-refractivity contribution in [1.82, 2.24) is 0 Å². The highest BCUT2D eigenvalue weighted by Crippen LogP contribution is 2.38. The van der Waals surface area contributed by atoms with Gasteiger partial charge in [0.05, 0.1) is 17.1 Å². The number of nitro benzene ring substituents is 1. The summed E-state index contributed by atoms with van der Waals surface area (Å²) in [4.78, 5) is 14.8. The van der Waals surface area contributed by atoms with E-state index in [1.807, 2.05) is 11.0 Å². The van der Waals surface area contributed by atoms with Crippen molar-refractivity contribution in [3.05, 3.63) is 27.8 Å². The Morgan fingerprint density at radius 2 is 1.72 bits per heavy atom. The number of rotatable bonds is 3. The van der Waals surface area contributed by atoms with E-state index in [4.69, 9.17) is 0 Å². The van der Waals surface area contributed by atoms with Crippen LogP contribution in [0.5, 0.6) is 0 Å². The van der Waals surface area contributed by atoms with Crippen LogP contribution >= 0.6 is 0 Å². The lowest BCUT2D eigenvalue weighted by atomic mass is 10.0. The van der Waals surface area contributed by atoms with Gasteiger partial charge in [0.25, 0.3) is 0 Å². The van der Waals surface area contributed by atoms with Gasteiger partial charge in [0, 0.05) is 31.9 Å². The van der Waals surface area contributed by atoms with Crippen molar-refractivity contribution in [1.29, 1.82) is 5.26 Å². The fourth-order valence-electron chi connectivity index (χ4n) is 3.67. The molecule has 0 spiro atoms. The van der Waals surface area contributed by atoms with Crippen LogP contribution in [0.2, 0.25) is 0 Å². The van der Waals surface area contributed by atoms with Gasteiger partial charge in [-0.3, -0.25) is 10.1 Å². The largest absolute Gasteiger partial charge is 0.391 e. The molecule has 2 aliphatic heterocycles. The molecule has 2 aliphatic rings. The van der Waals surface area contributed by atoms with E-state index in [1.54, 1.807) is 11.0 Å². The number of anilines is 2. The molecular formula is C17H22N4O4. The van der Waals surface area contributed by atoms with Gasteiger partial charge in [-0.1, -0.05) is 0 Å². The molecule has 0 bridgehead atoms. The Hall–Kier alpha value is -2.37. The van der Waals surface area contributed by atoms with E-state index in [2.05, 4.69) is 0 Å². The van der Waals surface area contributed by atoms with E-state index in [0.717, 1.165) is 25.8 Å². The standard InChI is InChI=1S/C17H22N4O4/c18-9-12-7-13(19-5-1-3-14(22)10-19)8-16(17(12)21(24)25)20-6-2-4-15(23)11-20/h7-8,14-15,22-23H,1-6,10-11H2. The van der Waals surface area contributed by atoms with E-state index >= 15 is 0 Å². The fraction of sp³-hybridized carbons (Fsp3) is 0.588. The van der Waals surface area contributed by atoms with Gasteiger partial charge in [-0.25, -0.2) is 0 Å². The summed E-state index contributed by atoms with van der Waals surface area (Å²) in [5.74, 6) is 0. The highest BCUT2D eigenvalue weighted by atomic mass is 16.6. The van der Waals surface area contributed by atoms with Gasteiger partial charge >= 0.3 is 5.69 Å². The molecule has 134 valence electrons. The van der Waals surface area contributed by atoms with Crippen molar-refractivity contribution in [3.8, 4) is 6.07 Å². The normalized spacial score (nSPS) is 24.0. The molecule has 0 amide bonds. The van der Waals surface area contributed by atoms with Crippen molar-refractivity contribution >= 4 is 17.1 Å². The lowest BCUT2D eigenvalue weighted by Gasteiger charge is -2.35. The zero-order chi connectivity index (χ0) is 18.0. The first-order valence-corrected chi connectivity index (χ1v) is 8.58. The Morgan fingerprint density at radius 3 is 2.28 bits per heavy atom. The minimum atomic E-state index is -0.528. The van der Waals surface area contributed by atoms with E-state index in [-0.39, 0.29) is 11.3 Å². The third-order valence-electron chi connectivity index (χ3n) is 4.88. The Balaban J connectivity index is 2.05. The molecule has 2 heterocycles. The van der Waals surface area contributed by atoms with Crippen LogP contribution in [0.3, 0.4) is 0 Å². The zero-order valence-corrected chi connectivity index (χ0v) is 14.0. The summed E-state index contributed by atoms with van der Waals surface area (Å²) in [6.07, 6.45) is 2.02. The van der Waals surface area contributed by atoms with Crippen LogP contribution in [0.1, 0.15) is 31.2 Å². The van der Waals surface area contributed by atoms with Crippen molar-refractivity contribution in [2.24, 2.45) is 0 Å². The Morgan fingerprint density at radius 1 is 1.12 bits per heavy atom. The highest BCUT2D eigenvalue weighted by molar-refractivity contribution is 5.76. The van der Waals surface area contributed by atoms with E-state index in [9.17, 15) is 25.6 Å². The first-order chi connectivity index (χ1) is 12.0. The van der Waals surface area contributed by atoms with Crippen LogP contribution in [0.25, 0.3) is 0 Å². The Bertz CT molecular complexity index is 703. The van der Waals surface area contributed by atoms with E-state index in [0.29, 0.717) is 37.4 Å². The highest BCUT2D eigenvalue weighted by Gasteiger charge is 2.30. The number of β-amino-alcohol motifs (C(OH)–C–C–N with tert-alkyl or cyclic N) is 2. The monoisotopic (exact) mass is 346 g/mol. The van der Waals surface area contributed by atoms with Crippen LogP contribution in [-0.4, -0.2) is 53.5 Å². The molecule has 2 saturated heterocycles. The van der Waals surface area contributed by atoms with Gasteiger partial charge in [-0.2, -0.15) is 5.26 Å². The molecule has 2 fully saturated rings. The van der Waals surface area contributed by atoms with Gasteiger partial charge < -0.3 is 20.0 Å². The number of aliphatic hydroxyl groups excluding tert-OH is 2. The van der Waals surface area contributed by atoms with Gasteiger partial charge in [-0.15, -0.1) is 0 Å². The molecule has 25 heavy (non-hydrogen) atoms. The summed E-state index contributed by atoms with van der Waals surface area (Å²) >= 11 is 0. The van der Waals surface area contributed by atoms with Crippen molar-refractivity contribution < 1.29 is 15.1 Å². The Kier molecular flexibility index (Phi) is 5.06. The number of hydrogen-bond donors (Lipinski definition) is 2. The summed E-state index contributed by atoms with van der Waals surface area (Å²) in [5, 5.41) is 40.8. The number of aliphatic hydroxyl groups is 2. The van der Waals surface area contributed by atoms with Gasteiger partial charge in [0.15, 0.2) is 0 Å². The van der Waals surface area contributed by atoms with Gasteiger partial charge in [0.1, 0.15) is 17.3 Å². The molecule has 1 aromatic carbocycles. The van der Waals surface area contributed by atoms with E-state index in [1.165, 1.54) is 6.07 Å². The predicted molar refractivity (Wildman–Crippen MR) is 92.7 cm³/mol. The summed E-state index contributed by atoms with van der Waals surface area (Å²) in [5.41, 5.74) is 0.879. The quantitative estimate of drug-likeness (QED) is 0.628. The predicted octanol–water partition coefficient (Wildman–Crippen LogP) is 1.39. The average Bonchev–Trinajstić information content (AvgIpc) is 2.60. The lowest BCUT2D eigenvalue weighted by molar-refractivity contribution is -0.384. The van der Waals surface area contributed by atoms with Crippen LogP contribution < -0.4 is 9.80 Å². The van der Waals surface area contributed by atoms with Crippen LogP contribution in [0.15, 0.2) is 12.1 Å². The molecule has 2 N–H and O–H groups in total. The number of nitriles is 1. The van der Waals surface area contributed by atoms with Crippen LogP contribution in [0, 0.1) is 21.4 Å². The lowest BCUT2D eigenvalue weighted by Crippen LogP contribution is -2.40. The number of benzene rings is 1. The number of hydrogen-bond acceptors (Lipinski definition) is 7. The van der Waals surface area contributed by atoms with Crippen LogP contribution in [-0.2, 0) is 0 Å². The first-order valence-electron chi connectivity index (χ1n) is 8.58. The maximum Gasteiger partial charge on any atom is 0.310 e. The second-order valence-corrected chi connectivity index (χ2v) is 6.71. The molecule has 2 atom stereocenters. The molecule has 0 aromatic heterocycles. The SMILES string of the molecule is N#Cc1cc(N2CCCC(O)C2)cc(N2CCCC(O)C2)c1[N+](=O)[O-]. The van der Waals surface area contributed by atoms with Crippen LogP contribution in [0.4, 0.5) is 17.1 Å². The summed E-state index contributed by atoms with van der Waals surface area (Å²) in [6, 6.07) is 5.18. The minimum absolute atomic E-state index is 0.0117. The maximum atomic E-state index is 11.6. The fourth-order valence-corrected chi connectivity index (χ4v) is 3.67. The van der Waals surface area contributed by atoms with E-state index < -0.39 is 17.1 Å². The molecule has 0 radical (unpaired) electrons. The van der Waals surface area contributed by atoms with Crippen molar-refractivity contribution in [2.45, 2.75) is 37.9 Å². The average molecular weight is 346 g/mol. The van der Waals surface area contributed by atoms with Gasteiger partial charge in [0.2, 0.25) is 0 Å². The van der Waals surface area contributed by atoms with Gasteiger partial charge in [-0.05, 0) is 37.8 Å². The molecule has 8 nitrogen and oxygen atoms in total. The number of nitro groups is 1. The molecule has 2 unspecified atom stereocenters. The maximum absolute atomic E-state index is 11.6. The molecule has 0 saturated carbocycles. The molecular weight excluding hydrogens is 324 g/mol. The molecule has 3 rings (SSSR count). The molecule has 1 aromatic rings. The smallest absolute Gasteiger partial charge is 0.310 e. The van der Waals surface area contributed by atoms with Crippen molar-refractivity contribution in [2.75, 3.05) is 36.0 Å². The summed E-state index contributed by atoms with van der Waals surface area (Å²) in [7, 11) is 0. The minimum Gasteiger partial charge on any atom is -0.391 e. The molecule has 0 aliphatic carbocycles. The topological polar surface area (TPSA) is 114 Å². The molecule has 8 heteroatoms. The summed E-state index contributed by atoms with van der Waals surface area (Å²) < 4.78 is 0. The third-order valence-corrected chi connectivity index (χ3v) is 4.88. The third kappa shape index (κ3) is 3.67.